The molecular formula is C16H22BrFN6O2. The van der Waals surface area contributed by atoms with Crippen molar-refractivity contribution in [3.8, 4) is 0 Å². The van der Waals surface area contributed by atoms with Gasteiger partial charge in [0.15, 0.2) is 11.6 Å². The molecule has 1 atom stereocenters. The number of fused-ring (bicyclic) bond motifs is 1. The van der Waals surface area contributed by atoms with Crippen LogP contribution in [0, 0.1) is 5.82 Å². The highest BCUT2D eigenvalue weighted by molar-refractivity contribution is 9.10. The van der Waals surface area contributed by atoms with Crippen LogP contribution < -0.4 is 16.0 Å². The first-order chi connectivity index (χ1) is 12.2. The molecule has 2 aromatic rings. The zero-order valence-electron chi connectivity index (χ0n) is 14.9. The number of anilines is 2. The fourth-order valence-corrected chi connectivity index (χ4v) is 3.55. The van der Waals surface area contributed by atoms with Gasteiger partial charge in [-0.1, -0.05) is 0 Å². The van der Waals surface area contributed by atoms with E-state index < -0.39 is 17.5 Å². The number of hydrogen-bond acceptors (Lipinski definition) is 6. The smallest absolute Gasteiger partial charge is 0.407 e. The molecular weight excluding hydrogens is 407 g/mol. The van der Waals surface area contributed by atoms with Crippen molar-refractivity contribution in [1.29, 1.82) is 0 Å². The van der Waals surface area contributed by atoms with E-state index >= 15 is 0 Å². The zero-order chi connectivity index (χ0) is 19.1. The number of alkyl carbamates (subject to hydrolysis) is 1. The highest BCUT2D eigenvalue weighted by Gasteiger charge is 2.30. The maximum Gasteiger partial charge on any atom is 0.407 e. The number of nitrogens with zero attached hydrogens (tertiary/aromatic N) is 4. The maximum absolute atomic E-state index is 14.8. The van der Waals surface area contributed by atoms with Crippen LogP contribution in [0.25, 0.3) is 5.52 Å². The molecule has 0 saturated carbocycles. The summed E-state index contributed by atoms with van der Waals surface area (Å²) in [5.41, 5.74) is 6.14. The molecule has 0 aromatic carbocycles. The Balaban J connectivity index is 1.84. The van der Waals surface area contributed by atoms with Gasteiger partial charge in [0.25, 0.3) is 0 Å². The number of carbonyl (C=O) groups excluding carboxylic acids is 1. The lowest BCUT2D eigenvalue weighted by Crippen LogP contribution is -2.49. The lowest BCUT2D eigenvalue weighted by molar-refractivity contribution is 0.0500. The zero-order valence-corrected chi connectivity index (χ0v) is 16.5. The van der Waals surface area contributed by atoms with Gasteiger partial charge in [-0.15, -0.1) is 0 Å². The average Bonchev–Trinajstić information content (AvgIpc) is 2.79. The monoisotopic (exact) mass is 428 g/mol. The van der Waals surface area contributed by atoms with Crippen molar-refractivity contribution in [3.05, 3.63) is 16.7 Å². The van der Waals surface area contributed by atoms with Crippen molar-refractivity contribution in [2.24, 2.45) is 0 Å². The molecule has 0 spiro atoms. The molecule has 3 heterocycles. The summed E-state index contributed by atoms with van der Waals surface area (Å²) >= 11 is 3.22. The number of halogens is 2. The van der Waals surface area contributed by atoms with Gasteiger partial charge in [-0.05, 0) is 49.5 Å². The SMILES string of the molecule is CC(C)(C)OC(=O)N[C@@H]1CCCN(c2c(F)c(Br)n3ncnc(N)c23)C1. The molecule has 1 fully saturated rings. The molecule has 1 amide bonds. The van der Waals surface area contributed by atoms with Gasteiger partial charge in [-0.3, -0.25) is 0 Å². The molecule has 2 aromatic heterocycles. The number of piperidine rings is 1. The molecule has 1 aliphatic heterocycles. The quantitative estimate of drug-likeness (QED) is 0.762. The third-order valence-corrected chi connectivity index (χ3v) is 4.76. The van der Waals surface area contributed by atoms with Crippen molar-refractivity contribution in [2.45, 2.75) is 45.3 Å². The topological polar surface area (TPSA) is 97.8 Å². The van der Waals surface area contributed by atoms with E-state index in [4.69, 9.17) is 10.5 Å². The summed E-state index contributed by atoms with van der Waals surface area (Å²) < 4.78 is 21.7. The predicted octanol–water partition coefficient (Wildman–Crippen LogP) is 2.71. The van der Waals surface area contributed by atoms with E-state index in [9.17, 15) is 9.18 Å². The van der Waals surface area contributed by atoms with Crippen LogP contribution >= 0.6 is 15.9 Å². The largest absolute Gasteiger partial charge is 0.444 e. The molecule has 3 N–H and O–H groups in total. The summed E-state index contributed by atoms with van der Waals surface area (Å²) in [6.45, 7) is 6.51. The second kappa shape index (κ2) is 6.90. The van der Waals surface area contributed by atoms with Gasteiger partial charge in [0.05, 0.1) is 0 Å². The van der Waals surface area contributed by atoms with Gasteiger partial charge in [-0.2, -0.15) is 5.10 Å². The molecule has 1 aliphatic rings. The van der Waals surface area contributed by atoms with Crippen LogP contribution in [0.15, 0.2) is 10.9 Å². The van der Waals surface area contributed by atoms with E-state index in [1.54, 1.807) is 0 Å². The summed E-state index contributed by atoms with van der Waals surface area (Å²) in [6.07, 6.45) is 2.38. The Bertz CT molecular complexity index is 834. The average molecular weight is 429 g/mol. The Morgan fingerprint density at radius 1 is 1.50 bits per heavy atom. The molecule has 0 bridgehead atoms. The van der Waals surface area contributed by atoms with Crippen molar-refractivity contribution >= 4 is 39.0 Å². The number of rotatable bonds is 2. The van der Waals surface area contributed by atoms with Gasteiger partial charge < -0.3 is 20.7 Å². The van der Waals surface area contributed by atoms with E-state index in [1.807, 2.05) is 25.7 Å². The summed E-state index contributed by atoms with van der Waals surface area (Å²) in [7, 11) is 0. The van der Waals surface area contributed by atoms with Crippen LogP contribution in [0.5, 0.6) is 0 Å². The number of nitrogen functional groups attached to an aromatic ring is 1. The Hall–Kier alpha value is -2.10. The van der Waals surface area contributed by atoms with Crippen LogP contribution in [-0.2, 0) is 4.74 Å². The Kier molecular flexibility index (Phi) is 4.96. The number of ether oxygens (including phenoxy) is 1. The summed E-state index contributed by atoms with van der Waals surface area (Å²) in [5.74, 6) is -0.253. The van der Waals surface area contributed by atoms with Crippen LogP contribution in [0.2, 0.25) is 0 Å². The van der Waals surface area contributed by atoms with Crippen LogP contribution in [0.3, 0.4) is 0 Å². The molecule has 0 radical (unpaired) electrons. The first-order valence-electron chi connectivity index (χ1n) is 8.38. The third kappa shape index (κ3) is 3.69. The van der Waals surface area contributed by atoms with Gasteiger partial charge in [0.2, 0.25) is 0 Å². The van der Waals surface area contributed by atoms with Crippen LogP contribution in [0.4, 0.5) is 20.7 Å². The van der Waals surface area contributed by atoms with Crippen molar-refractivity contribution in [3.63, 3.8) is 0 Å². The number of hydrogen-bond donors (Lipinski definition) is 2. The minimum atomic E-state index is -0.570. The highest BCUT2D eigenvalue weighted by Crippen LogP contribution is 2.36. The summed E-state index contributed by atoms with van der Waals surface area (Å²) in [5, 5.41) is 6.91. The number of nitrogens with one attached hydrogen (secondary N) is 1. The normalized spacial score (nSPS) is 18.2. The second-order valence-electron chi connectivity index (χ2n) is 7.29. The number of nitrogens with two attached hydrogens (primary N) is 1. The highest BCUT2D eigenvalue weighted by atomic mass is 79.9. The third-order valence-electron chi connectivity index (χ3n) is 4.08. The number of carbonyl (C=O) groups is 1. The second-order valence-corrected chi connectivity index (χ2v) is 8.04. The number of aromatic nitrogens is 3. The molecule has 3 rings (SSSR count). The van der Waals surface area contributed by atoms with Crippen molar-refractivity contribution in [2.75, 3.05) is 23.7 Å². The lowest BCUT2D eigenvalue weighted by Gasteiger charge is -2.34. The molecule has 26 heavy (non-hydrogen) atoms. The van der Waals surface area contributed by atoms with Crippen LogP contribution in [0.1, 0.15) is 33.6 Å². The van der Waals surface area contributed by atoms with Gasteiger partial charge in [-0.25, -0.2) is 18.7 Å². The molecule has 8 nitrogen and oxygen atoms in total. The van der Waals surface area contributed by atoms with Gasteiger partial charge in [0.1, 0.15) is 27.7 Å². The predicted molar refractivity (Wildman–Crippen MR) is 99.7 cm³/mol. The van der Waals surface area contributed by atoms with E-state index in [-0.39, 0.29) is 16.5 Å². The van der Waals surface area contributed by atoms with Gasteiger partial charge in [0, 0.05) is 19.1 Å². The fourth-order valence-electron chi connectivity index (χ4n) is 3.09. The van der Waals surface area contributed by atoms with E-state index in [1.165, 1.54) is 10.8 Å². The minimum absolute atomic E-state index is 0.155. The maximum atomic E-state index is 14.8. The molecule has 1 saturated heterocycles. The van der Waals surface area contributed by atoms with Crippen molar-refractivity contribution in [1.82, 2.24) is 19.9 Å². The standard InChI is InChI=1S/C16H22BrFN6O2/c1-16(2,3)26-15(25)22-9-5-4-6-23(7-9)11-10(18)13(17)24-12(11)14(19)20-8-21-24/h8-9H,4-7H2,1-3H3,(H,22,25)(H2,19,20,21)/t9-/m1/s1. The summed E-state index contributed by atoms with van der Waals surface area (Å²) in [6, 6.07) is -0.155. The van der Waals surface area contributed by atoms with E-state index in [0.717, 1.165) is 12.8 Å². The minimum Gasteiger partial charge on any atom is -0.444 e. The molecule has 142 valence electrons. The summed E-state index contributed by atoms with van der Waals surface area (Å²) in [4.78, 5) is 17.9. The molecule has 0 aliphatic carbocycles. The fraction of sp³-hybridized carbons (Fsp3) is 0.562. The lowest BCUT2D eigenvalue weighted by atomic mass is 10.1. The number of amides is 1. The Morgan fingerprint density at radius 3 is 2.92 bits per heavy atom. The van der Waals surface area contributed by atoms with Gasteiger partial charge >= 0.3 is 6.09 Å². The Morgan fingerprint density at radius 2 is 2.23 bits per heavy atom. The Labute approximate surface area is 159 Å². The van der Waals surface area contributed by atoms with Crippen molar-refractivity contribution < 1.29 is 13.9 Å². The molecule has 0 unspecified atom stereocenters. The van der Waals surface area contributed by atoms with Crippen LogP contribution in [-0.4, -0.2) is 45.4 Å². The van der Waals surface area contributed by atoms with E-state index in [2.05, 4.69) is 31.3 Å². The first kappa shape index (κ1) is 18.7. The first-order valence-corrected chi connectivity index (χ1v) is 9.17. The molecule has 10 heteroatoms. The van der Waals surface area contributed by atoms with E-state index in [0.29, 0.717) is 24.3 Å².